The van der Waals surface area contributed by atoms with Crippen LogP contribution in [0.4, 0.5) is 5.69 Å². The number of carbonyl (C=O) groups is 1. The van der Waals surface area contributed by atoms with E-state index in [1.165, 1.54) is 5.56 Å². The van der Waals surface area contributed by atoms with E-state index in [1.807, 2.05) is 56.4 Å². The van der Waals surface area contributed by atoms with Gasteiger partial charge in [0.05, 0.1) is 17.6 Å². The van der Waals surface area contributed by atoms with Gasteiger partial charge in [0.2, 0.25) is 0 Å². The van der Waals surface area contributed by atoms with Crippen LogP contribution in [-0.4, -0.2) is 30.8 Å². The molecule has 156 valence electrons. The largest absolute Gasteiger partial charge is 0.453 e. The van der Waals surface area contributed by atoms with Crippen LogP contribution in [0.3, 0.4) is 0 Å². The van der Waals surface area contributed by atoms with Crippen molar-refractivity contribution in [2.75, 3.05) is 13.6 Å². The predicted molar refractivity (Wildman–Crippen MR) is 121 cm³/mol. The Morgan fingerprint density at radius 3 is 2.28 bits per heavy atom. The first-order valence-corrected chi connectivity index (χ1v) is 10.2. The fourth-order valence-corrected chi connectivity index (χ4v) is 3.06. The number of esters is 1. The van der Waals surface area contributed by atoms with E-state index in [0.717, 1.165) is 28.9 Å². The maximum Gasteiger partial charge on any atom is 0.339 e. The third kappa shape index (κ3) is 5.93. The third-order valence-corrected chi connectivity index (χ3v) is 5.05. The highest BCUT2D eigenvalue weighted by atomic mass is 16.5. The fourth-order valence-electron chi connectivity index (χ4n) is 3.06. The lowest BCUT2D eigenvalue weighted by atomic mass is 9.84. The van der Waals surface area contributed by atoms with Crippen LogP contribution in [-0.2, 0) is 4.74 Å². The number of aryl methyl sites for hydroxylation is 3. The molecule has 4 nitrogen and oxygen atoms in total. The summed E-state index contributed by atoms with van der Waals surface area (Å²) in [5.74, 6) is -0.299. The van der Waals surface area contributed by atoms with E-state index in [4.69, 9.17) is 4.74 Å². The minimum Gasteiger partial charge on any atom is -0.453 e. The molecular formula is C25H34N2O2. The van der Waals surface area contributed by atoms with Gasteiger partial charge in [0, 0.05) is 19.0 Å². The summed E-state index contributed by atoms with van der Waals surface area (Å²) in [7, 11) is 1.98. The molecule has 0 aliphatic heterocycles. The number of benzene rings is 2. The molecule has 0 amide bonds. The van der Waals surface area contributed by atoms with Crippen molar-refractivity contribution in [2.24, 2.45) is 10.4 Å². The fraction of sp³-hybridized carbons (Fsp3) is 0.440. The van der Waals surface area contributed by atoms with Gasteiger partial charge in [0.1, 0.15) is 6.10 Å². The van der Waals surface area contributed by atoms with Gasteiger partial charge in [0.25, 0.3) is 0 Å². The van der Waals surface area contributed by atoms with Crippen molar-refractivity contribution in [1.82, 2.24) is 4.90 Å². The Bertz CT molecular complexity index is 877. The molecule has 2 aromatic carbocycles. The molecule has 0 aliphatic rings. The molecule has 1 unspecified atom stereocenters. The molecule has 2 rings (SSSR count). The zero-order chi connectivity index (χ0) is 21.8. The van der Waals surface area contributed by atoms with Crippen molar-refractivity contribution in [3.8, 4) is 0 Å². The molecule has 2 aromatic rings. The Hall–Kier alpha value is -2.62. The van der Waals surface area contributed by atoms with Crippen LogP contribution in [0.2, 0.25) is 0 Å². The zero-order valence-electron chi connectivity index (χ0n) is 19.0. The second-order valence-electron chi connectivity index (χ2n) is 8.83. The van der Waals surface area contributed by atoms with E-state index in [0.29, 0.717) is 5.56 Å². The first-order valence-electron chi connectivity index (χ1n) is 10.2. The highest BCUT2D eigenvalue weighted by Gasteiger charge is 2.31. The maximum absolute atomic E-state index is 13.1. The number of nitrogens with zero attached hydrogens (tertiary/aromatic N) is 2. The van der Waals surface area contributed by atoms with E-state index < -0.39 is 0 Å². The zero-order valence-corrected chi connectivity index (χ0v) is 19.0. The molecule has 0 saturated carbocycles. The van der Waals surface area contributed by atoms with Crippen molar-refractivity contribution in [3.63, 3.8) is 0 Å². The SMILES string of the molecule is CCN(C)C=Nc1cc(C)c(C(=O)OC(c2ccc(C)cc2)C(C)(C)C)cc1C. The van der Waals surface area contributed by atoms with Crippen LogP contribution < -0.4 is 0 Å². The number of hydrogen-bond donors (Lipinski definition) is 0. The molecule has 0 heterocycles. The lowest BCUT2D eigenvalue weighted by Crippen LogP contribution is -2.24. The van der Waals surface area contributed by atoms with Crippen molar-refractivity contribution in [2.45, 2.75) is 54.6 Å². The topological polar surface area (TPSA) is 41.9 Å². The van der Waals surface area contributed by atoms with E-state index in [-0.39, 0.29) is 17.5 Å². The van der Waals surface area contributed by atoms with Crippen LogP contribution in [0, 0.1) is 26.2 Å². The number of aliphatic imine (C=N–C) groups is 1. The minimum atomic E-state index is -0.328. The lowest BCUT2D eigenvalue weighted by Gasteiger charge is -2.31. The molecule has 0 N–H and O–H groups in total. The number of ether oxygens (including phenoxy) is 1. The Labute approximate surface area is 175 Å². The quantitative estimate of drug-likeness (QED) is 0.334. The van der Waals surface area contributed by atoms with E-state index >= 15 is 0 Å². The van der Waals surface area contributed by atoms with E-state index in [1.54, 1.807) is 0 Å². The van der Waals surface area contributed by atoms with Crippen LogP contribution in [0.5, 0.6) is 0 Å². The lowest BCUT2D eigenvalue weighted by molar-refractivity contribution is -0.00402. The maximum atomic E-state index is 13.1. The van der Waals surface area contributed by atoms with E-state index in [9.17, 15) is 4.79 Å². The predicted octanol–water partition coefficient (Wildman–Crippen LogP) is 6.17. The summed E-state index contributed by atoms with van der Waals surface area (Å²) >= 11 is 0. The molecule has 0 bridgehead atoms. The van der Waals surface area contributed by atoms with Crippen LogP contribution in [0.25, 0.3) is 0 Å². The number of hydrogen-bond acceptors (Lipinski definition) is 3. The molecule has 29 heavy (non-hydrogen) atoms. The van der Waals surface area contributed by atoms with Crippen molar-refractivity contribution >= 4 is 18.0 Å². The van der Waals surface area contributed by atoms with Gasteiger partial charge in [-0.2, -0.15) is 0 Å². The smallest absolute Gasteiger partial charge is 0.339 e. The summed E-state index contributed by atoms with van der Waals surface area (Å²) in [6.45, 7) is 15.2. The molecular weight excluding hydrogens is 360 g/mol. The molecule has 4 heteroatoms. The van der Waals surface area contributed by atoms with Crippen molar-refractivity contribution < 1.29 is 9.53 Å². The average molecular weight is 395 g/mol. The van der Waals surface area contributed by atoms with Crippen LogP contribution in [0.15, 0.2) is 41.4 Å². The summed E-state index contributed by atoms with van der Waals surface area (Å²) in [6, 6.07) is 12.0. The summed E-state index contributed by atoms with van der Waals surface area (Å²) in [6.07, 6.45) is 1.48. The van der Waals surface area contributed by atoms with Crippen molar-refractivity contribution in [3.05, 3.63) is 64.2 Å². The average Bonchev–Trinajstić information content (AvgIpc) is 2.65. The second kappa shape index (κ2) is 9.25. The van der Waals surface area contributed by atoms with Gasteiger partial charge in [0.15, 0.2) is 0 Å². The Morgan fingerprint density at radius 1 is 1.10 bits per heavy atom. The van der Waals surface area contributed by atoms with Gasteiger partial charge in [-0.3, -0.25) is 0 Å². The highest BCUT2D eigenvalue weighted by Crippen LogP contribution is 2.37. The van der Waals surface area contributed by atoms with E-state index in [2.05, 4.69) is 51.7 Å². The normalized spacial score (nSPS) is 12.8. The molecule has 0 fully saturated rings. The standard InChI is InChI=1S/C25H34N2O2/c1-9-27(8)16-26-22-15-18(3)21(14-19(22)4)24(28)29-23(25(5,6)7)20-12-10-17(2)11-13-20/h10-16,23H,9H2,1-8H3. The Balaban J connectivity index is 2.31. The molecule has 1 atom stereocenters. The summed E-state index contributed by atoms with van der Waals surface area (Å²) in [5, 5.41) is 0. The summed E-state index contributed by atoms with van der Waals surface area (Å²) in [5.41, 5.74) is 5.24. The van der Waals surface area contributed by atoms with Gasteiger partial charge in [-0.15, -0.1) is 0 Å². The van der Waals surface area contributed by atoms with Crippen LogP contribution >= 0.6 is 0 Å². The number of carbonyl (C=O) groups excluding carboxylic acids is 1. The van der Waals surface area contributed by atoms with Gasteiger partial charge < -0.3 is 9.64 Å². The molecule has 0 aliphatic carbocycles. The van der Waals surface area contributed by atoms with Gasteiger partial charge >= 0.3 is 5.97 Å². The summed E-state index contributed by atoms with van der Waals surface area (Å²) in [4.78, 5) is 19.6. The van der Waals surface area contributed by atoms with Gasteiger partial charge in [-0.25, -0.2) is 9.79 Å². The number of rotatable bonds is 6. The monoisotopic (exact) mass is 394 g/mol. The Morgan fingerprint density at radius 2 is 1.72 bits per heavy atom. The Kier molecular flexibility index (Phi) is 7.23. The highest BCUT2D eigenvalue weighted by molar-refractivity contribution is 5.92. The molecule has 0 saturated heterocycles. The van der Waals surface area contributed by atoms with Gasteiger partial charge in [-0.05, 0) is 56.5 Å². The molecule has 0 radical (unpaired) electrons. The second-order valence-corrected chi connectivity index (χ2v) is 8.83. The van der Waals surface area contributed by atoms with Crippen molar-refractivity contribution in [1.29, 1.82) is 0 Å². The summed E-state index contributed by atoms with van der Waals surface area (Å²) < 4.78 is 6.03. The van der Waals surface area contributed by atoms with Crippen LogP contribution in [0.1, 0.15) is 66.4 Å². The first-order chi connectivity index (χ1) is 13.5. The molecule has 0 aromatic heterocycles. The third-order valence-electron chi connectivity index (χ3n) is 5.05. The van der Waals surface area contributed by atoms with Gasteiger partial charge in [-0.1, -0.05) is 50.6 Å². The molecule has 0 spiro atoms. The minimum absolute atomic E-state index is 0.219. The first kappa shape index (κ1) is 22.7.